The van der Waals surface area contributed by atoms with Gasteiger partial charge in [0.15, 0.2) is 0 Å². The standard InChI is InChI=1S/C14H17N3O3/c15-11-5-2-1-4-10(11)14(20)16-8-3-9-17-12(18)6-7-13(17)19/h1-2,4-5H,3,6-9,15H2,(H,16,20). The lowest BCUT2D eigenvalue weighted by atomic mass is 10.1. The number of anilines is 1. The van der Waals surface area contributed by atoms with Crippen LogP contribution in [0.5, 0.6) is 0 Å². The van der Waals surface area contributed by atoms with Gasteiger partial charge in [0.2, 0.25) is 11.8 Å². The number of para-hydroxylation sites is 1. The molecule has 1 aliphatic rings. The number of carbonyl (C=O) groups is 3. The van der Waals surface area contributed by atoms with E-state index in [0.29, 0.717) is 43.6 Å². The topological polar surface area (TPSA) is 92.5 Å². The van der Waals surface area contributed by atoms with Crippen molar-refractivity contribution in [3.8, 4) is 0 Å². The molecule has 2 rings (SSSR count). The summed E-state index contributed by atoms with van der Waals surface area (Å²) in [6.45, 7) is 0.743. The van der Waals surface area contributed by atoms with Gasteiger partial charge in [-0.25, -0.2) is 0 Å². The highest BCUT2D eigenvalue weighted by molar-refractivity contribution is 6.02. The highest BCUT2D eigenvalue weighted by Crippen LogP contribution is 2.12. The number of hydrogen-bond donors (Lipinski definition) is 2. The number of nitrogen functional groups attached to an aromatic ring is 1. The molecule has 6 heteroatoms. The van der Waals surface area contributed by atoms with Crippen molar-refractivity contribution in [1.29, 1.82) is 0 Å². The van der Waals surface area contributed by atoms with E-state index in [1.54, 1.807) is 24.3 Å². The van der Waals surface area contributed by atoms with Gasteiger partial charge in [0.1, 0.15) is 0 Å². The third kappa shape index (κ3) is 3.14. The van der Waals surface area contributed by atoms with E-state index >= 15 is 0 Å². The maximum atomic E-state index is 11.9. The average molecular weight is 275 g/mol. The van der Waals surface area contributed by atoms with Gasteiger partial charge in [0, 0.05) is 31.6 Å². The second-order valence-corrected chi connectivity index (χ2v) is 4.64. The lowest BCUT2D eigenvalue weighted by Gasteiger charge is -2.13. The third-order valence-electron chi connectivity index (χ3n) is 3.20. The van der Waals surface area contributed by atoms with Crippen LogP contribution in [-0.2, 0) is 9.59 Å². The van der Waals surface area contributed by atoms with Crippen molar-refractivity contribution in [2.45, 2.75) is 19.3 Å². The molecule has 3 amide bonds. The molecule has 1 aromatic carbocycles. The minimum absolute atomic E-state index is 0.131. The molecule has 1 fully saturated rings. The fourth-order valence-corrected chi connectivity index (χ4v) is 2.11. The second-order valence-electron chi connectivity index (χ2n) is 4.64. The Morgan fingerprint density at radius 1 is 1.20 bits per heavy atom. The molecule has 0 spiro atoms. The number of nitrogens with two attached hydrogens (primary N) is 1. The van der Waals surface area contributed by atoms with Gasteiger partial charge in [-0.3, -0.25) is 19.3 Å². The van der Waals surface area contributed by atoms with Gasteiger partial charge in [0.05, 0.1) is 5.56 Å². The minimum atomic E-state index is -0.248. The summed E-state index contributed by atoms with van der Waals surface area (Å²) in [5.74, 6) is -0.510. The first-order chi connectivity index (χ1) is 9.59. The number of likely N-dealkylation sites (tertiary alicyclic amines) is 1. The number of rotatable bonds is 5. The van der Waals surface area contributed by atoms with Crippen LogP contribution in [0.4, 0.5) is 5.69 Å². The zero-order valence-electron chi connectivity index (χ0n) is 11.1. The van der Waals surface area contributed by atoms with Crippen LogP contribution in [0.3, 0.4) is 0 Å². The molecule has 1 heterocycles. The molecular weight excluding hydrogens is 258 g/mol. The largest absolute Gasteiger partial charge is 0.398 e. The number of benzene rings is 1. The molecule has 1 aromatic rings. The van der Waals surface area contributed by atoms with Gasteiger partial charge >= 0.3 is 0 Å². The van der Waals surface area contributed by atoms with Crippen LogP contribution in [0.15, 0.2) is 24.3 Å². The van der Waals surface area contributed by atoms with Crippen molar-refractivity contribution < 1.29 is 14.4 Å². The van der Waals surface area contributed by atoms with Gasteiger partial charge < -0.3 is 11.1 Å². The molecule has 0 radical (unpaired) electrons. The Bertz CT molecular complexity index is 526. The SMILES string of the molecule is Nc1ccccc1C(=O)NCCCN1C(=O)CCC1=O. The molecule has 0 unspecified atom stereocenters. The van der Waals surface area contributed by atoms with Crippen LogP contribution >= 0.6 is 0 Å². The monoisotopic (exact) mass is 275 g/mol. The zero-order valence-corrected chi connectivity index (χ0v) is 11.1. The molecule has 0 saturated carbocycles. The van der Waals surface area contributed by atoms with E-state index < -0.39 is 0 Å². The van der Waals surface area contributed by atoms with Crippen LogP contribution in [0.1, 0.15) is 29.6 Å². The van der Waals surface area contributed by atoms with Crippen LogP contribution in [-0.4, -0.2) is 35.7 Å². The first-order valence-corrected chi connectivity index (χ1v) is 6.55. The zero-order chi connectivity index (χ0) is 14.5. The summed E-state index contributed by atoms with van der Waals surface area (Å²) in [6, 6.07) is 6.82. The van der Waals surface area contributed by atoms with Crippen LogP contribution < -0.4 is 11.1 Å². The summed E-state index contributed by atoms with van der Waals surface area (Å²) in [4.78, 5) is 35.9. The molecule has 1 saturated heterocycles. The molecule has 0 aromatic heterocycles. The first kappa shape index (κ1) is 14.0. The Labute approximate surface area is 116 Å². The van der Waals surface area contributed by atoms with Gasteiger partial charge in [-0.1, -0.05) is 12.1 Å². The predicted octanol–water partition coefficient (Wildman–Crippen LogP) is 0.538. The minimum Gasteiger partial charge on any atom is -0.398 e. The molecule has 106 valence electrons. The van der Waals surface area contributed by atoms with Crippen LogP contribution in [0, 0.1) is 0 Å². The number of nitrogens with one attached hydrogen (secondary N) is 1. The summed E-state index contributed by atoms with van der Waals surface area (Å²) in [5.41, 5.74) is 6.56. The normalized spacial score (nSPS) is 14.7. The summed E-state index contributed by atoms with van der Waals surface area (Å²) >= 11 is 0. The van der Waals surface area contributed by atoms with Crippen LogP contribution in [0.25, 0.3) is 0 Å². The number of carbonyl (C=O) groups excluding carboxylic acids is 3. The van der Waals surface area contributed by atoms with Crippen LogP contribution in [0.2, 0.25) is 0 Å². The highest BCUT2D eigenvalue weighted by Gasteiger charge is 2.27. The van der Waals surface area contributed by atoms with Crippen molar-refractivity contribution in [3.63, 3.8) is 0 Å². The van der Waals surface area contributed by atoms with Gasteiger partial charge in [0.25, 0.3) is 5.91 Å². The lowest BCUT2D eigenvalue weighted by Crippen LogP contribution is -2.33. The Kier molecular flexibility index (Phi) is 4.34. The van der Waals surface area contributed by atoms with Gasteiger partial charge in [-0.05, 0) is 18.6 Å². The first-order valence-electron chi connectivity index (χ1n) is 6.55. The second kappa shape index (κ2) is 6.18. The summed E-state index contributed by atoms with van der Waals surface area (Å²) in [5, 5.41) is 2.73. The Balaban J connectivity index is 1.76. The lowest BCUT2D eigenvalue weighted by molar-refractivity contribution is -0.138. The number of amides is 3. The molecule has 0 bridgehead atoms. The summed E-state index contributed by atoms with van der Waals surface area (Å²) in [6.07, 6.45) is 1.13. The molecule has 0 aliphatic carbocycles. The van der Waals surface area contributed by atoms with Gasteiger partial charge in [-0.15, -0.1) is 0 Å². The Morgan fingerprint density at radius 3 is 2.50 bits per heavy atom. The van der Waals surface area contributed by atoms with E-state index in [4.69, 9.17) is 5.73 Å². The molecular formula is C14H17N3O3. The maximum Gasteiger partial charge on any atom is 0.253 e. The molecule has 0 atom stereocenters. The third-order valence-corrected chi connectivity index (χ3v) is 3.20. The number of imide groups is 1. The van der Waals surface area contributed by atoms with Crippen molar-refractivity contribution >= 4 is 23.4 Å². The smallest absolute Gasteiger partial charge is 0.253 e. The number of nitrogens with zero attached hydrogens (tertiary/aromatic N) is 1. The molecule has 20 heavy (non-hydrogen) atoms. The average Bonchev–Trinajstić information content (AvgIpc) is 2.75. The van der Waals surface area contributed by atoms with Crippen molar-refractivity contribution in [3.05, 3.63) is 29.8 Å². The van der Waals surface area contributed by atoms with Crippen molar-refractivity contribution in [2.24, 2.45) is 0 Å². The maximum absolute atomic E-state index is 11.9. The fourth-order valence-electron chi connectivity index (χ4n) is 2.11. The van der Waals surface area contributed by atoms with E-state index in [-0.39, 0.29) is 17.7 Å². The summed E-state index contributed by atoms with van der Waals surface area (Å²) in [7, 11) is 0. The Hall–Kier alpha value is -2.37. The van der Waals surface area contributed by atoms with E-state index in [9.17, 15) is 14.4 Å². The predicted molar refractivity (Wildman–Crippen MR) is 73.8 cm³/mol. The highest BCUT2D eigenvalue weighted by atomic mass is 16.2. The summed E-state index contributed by atoms with van der Waals surface area (Å²) < 4.78 is 0. The molecule has 3 N–H and O–H groups in total. The molecule has 6 nitrogen and oxygen atoms in total. The Morgan fingerprint density at radius 2 is 1.85 bits per heavy atom. The van der Waals surface area contributed by atoms with Crippen molar-refractivity contribution in [2.75, 3.05) is 18.8 Å². The van der Waals surface area contributed by atoms with E-state index in [1.807, 2.05) is 0 Å². The number of hydrogen-bond acceptors (Lipinski definition) is 4. The van der Waals surface area contributed by atoms with E-state index in [2.05, 4.69) is 5.32 Å². The van der Waals surface area contributed by atoms with Gasteiger partial charge in [-0.2, -0.15) is 0 Å². The fraction of sp³-hybridized carbons (Fsp3) is 0.357. The van der Waals surface area contributed by atoms with Crippen molar-refractivity contribution in [1.82, 2.24) is 10.2 Å². The molecule has 1 aliphatic heterocycles. The van der Waals surface area contributed by atoms with E-state index in [1.165, 1.54) is 4.90 Å². The quantitative estimate of drug-likeness (QED) is 0.466. The van der Waals surface area contributed by atoms with E-state index in [0.717, 1.165) is 0 Å².